The fourth-order valence-electron chi connectivity index (χ4n) is 1.41. The summed E-state index contributed by atoms with van der Waals surface area (Å²) in [7, 11) is 0. The molecule has 1 N–H and O–H groups in total. The molecule has 0 saturated heterocycles. The first-order valence-electron chi connectivity index (χ1n) is 5.03. The molecule has 0 aromatic carbocycles. The molecule has 0 aliphatic rings. The molecule has 0 aliphatic heterocycles. The average molecular weight is 278 g/mol. The van der Waals surface area contributed by atoms with Gasteiger partial charge < -0.3 is 5.32 Å². The van der Waals surface area contributed by atoms with Crippen LogP contribution in [0.25, 0.3) is 0 Å². The Labute approximate surface area is 103 Å². The number of pyridine rings is 2. The molecule has 3 nitrogen and oxygen atoms in total. The lowest BCUT2D eigenvalue weighted by molar-refractivity contribution is 0.689. The van der Waals surface area contributed by atoms with E-state index in [1.165, 1.54) is 11.1 Å². The van der Waals surface area contributed by atoms with Crippen molar-refractivity contribution in [2.24, 2.45) is 0 Å². The molecule has 2 aromatic rings. The number of nitrogens with one attached hydrogen (secondary N) is 1. The minimum Gasteiger partial charge on any atom is -0.309 e. The van der Waals surface area contributed by atoms with Crippen LogP contribution in [0.15, 0.2) is 47.5 Å². The molecular weight excluding hydrogens is 266 g/mol. The lowest BCUT2D eigenvalue weighted by atomic mass is 10.2. The number of nitrogens with zero attached hydrogens (tertiary/aromatic N) is 2. The van der Waals surface area contributed by atoms with E-state index in [0.717, 1.165) is 17.6 Å². The van der Waals surface area contributed by atoms with Gasteiger partial charge in [-0.3, -0.25) is 9.97 Å². The fourth-order valence-corrected chi connectivity index (χ4v) is 1.82. The van der Waals surface area contributed by atoms with Gasteiger partial charge in [0.25, 0.3) is 0 Å². The van der Waals surface area contributed by atoms with Gasteiger partial charge in [0.05, 0.1) is 0 Å². The van der Waals surface area contributed by atoms with Crippen molar-refractivity contribution in [3.8, 4) is 0 Å². The van der Waals surface area contributed by atoms with Crippen LogP contribution in [0.1, 0.15) is 11.1 Å². The second-order valence-corrected chi connectivity index (χ2v) is 4.39. The summed E-state index contributed by atoms with van der Waals surface area (Å²) in [5, 5.41) is 3.34. The Kier molecular flexibility index (Phi) is 4.02. The van der Waals surface area contributed by atoms with Crippen molar-refractivity contribution >= 4 is 15.9 Å². The normalized spacial score (nSPS) is 10.3. The second-order valence-electron chi connectivity index (χ2n) is 3.48. The quantitative estimate of drug-likeness (QED) is 0.933. The van der Waals surface area contributed by atoms with Crippen LogP contribution in [0.2, 0.25) is 0 Å². The number of halogens is 1. The highest BCUT2D eigenvalue weighted by Gasteiger charge is 1.95. The van der Waals surface area contributed by atoms with Crippen LogP contribution in [0.3, 0.4) is 0 Å². The molecular formula is C12H12BrN3. The molecule has 0 fully saturated rings. The molecule has 0 aliphatic carbocycles. The van der Waals surface area contributed by atoms with Crippen LogP contribution in [-0.2, 0) is 13.1 Å². The fraction of sp³-hybridized carbons (Fsp3) is 0.167. The maximum absolute atomic E-state index is 4.11. The molecule has 2 aromatic heterocycles. The Balaban J connectivity index is 1.85. The van der Waals surface area contributed by atoms with Gasteiger partial charge in [-0.25, -0.2) is 0 Å². The van der Waals surface area contributed by atoms with Gasteiger partial charge in [-0.1, -0.05) is 6.07 Å². The van der Waals surface area contributed by atoms with Gasteiger partial charge >= 0.3 is 0 Å². The van der Waals surface area contributed by atoms with Crippen molar-refractivity contribution in [3.63, 3.8) is 0 Å². The van der Waals surface area contributed by atoms with E-state index in [2.05, 4.69) is 43.3 Å². The Hall–Kier alpha value is -1.26. The third-order valence-corrected chi connectivity index (χ3v) is 2.58. The van der Waals surface area contributed by atoms with Gasteiger partial charge in [0.15, 0.2) is 0 Å². The predicted molar refractivity (Wildman–Crippen MR) is 66.7 cm³/mol. The molecule has 0 amide bonds. The zero-order valence-corrected chi connectivity index (χ0v) is 10.3. The van der Waals surface area contributed by atoms with E-state index >= 15 is 0 Å². The third kappa shape index (κ3) is 3.40. The summed E-state index contributed by atoms with van der Waals surface area (Å²) in [6, 6.07) is 6.06. The summed E-state index contributed by atoms with van der Waals surface area (Å²) in [6.07, 6.45) is 7.29. The average Bonchev–Trinajstić information content (AvgIpc) is 2.30. The molecule has 0 saturated carbocycles. The maximum Gasteiger partial charge on any atom is 0.0410 e. The minimum absolute atomic E-state index is 0.807. The van der Waals surface area contributed by atoms with Crippen LogP contribution in [0.5, 0.6) is 0 Å². The van der Waals surface area contributed by atoms with Crippen molar-refractivity contribution in [1.82, 2.24) is 15.3 Å². The molecule has 82 valence electrons. The van der Waals surface area contributed by atoms with E-state index in [9.17, 15) is 0 Å². The minimum atomic E-state index is 0.807. The van der Waals surface area contributed by atoms with Gasteiger partial charge in [-0.2, -0.15) is 0 Å². The number of rotatable bonds is 4. The zero-order valence-electron chi connectivity index (χ0n) is 8.73. The van der Waals surface area contributed by atoms with Crippen LogP contribution < -0.4 is 5.32 Å². The first-order valence-corrected chi connectivity index (χ1v) is 5.83. The Morgan fingerprint density at radius 2 is 1.88 bits per heavy atom. The second kappa shape index (κ2) is 5.72. The van der Waals surface area contributed by atoms with Crippen LogP contribution in [0, 0.1) is 0 Å². The van der Waals surface area contributed by atoms with Crippen LogP contribution >= 0.6 is 15.9 Å². The van der Waals surface area contributed by atoms with Crippen molar-refractivity contribution in [2.75, 3.05) is 0 Å². The number of hydrogen-bond donors (Lipinski definition) is 1. The van der Waals surface area contributed by atoms with Gasteiger partial charge in [-0.05, 0) is 39.2 Å². The summed E-state index contributed by atoms with van der Waals surface area (Å²) in [5.74, 6) is 0. The molecule has 2 rings (SSSR count). The van der Waals surface area contributed by atoms with Gasteiger partial charge in [0.1, 0.15) is 0 Å². The summed E-state index contributed by atoms with van der Waals surface area (Å²) < 4.78 is 1.01. The predicted octanol–water partition coefficient (Wildman–Crippen LogP) is 2.53. The summed E-state index contributed by atoms with van der Waals surface area (Å²) >= 11 is 3.40. The maximum atomic E-state index is 4.11. The first kappa shape index (κ1) is 11.2. The number of hydrogen-bond acceptors (Lipinski definition) is 3. The molecule has 2 heterocycles. The van der Waals surface area contributed by atoms with Gasteiger partial charge in [0.2, 0.25) is 0 Å². The summed E-state index contributed by atoms with van der Waals surface area (Å²) in [4.78, 5) is 8.18. The lowest BCUT2D eigenvalue weighted by Gasteiger charge is -2.04. The molecule has 16 heavy (non-hydrogen) atoms. The van der Waals surface area contributed by atoms with Crippen LogP contribution in [-0.4, -0.2) is 9.97 Å². The summed E-state index contributed by atoms with van der Waals surface area (Å²) in [5.41, 5.74) is 2.35. The van der Waals surface area contributed by atoms with Crippen molar-refractivity contribution in [3.05, 3.63) is 58.6 Å². The molecule has 0 spiro atoms. The largest absolute Gasteiger partial charge is 0.309 e. The number of aromatic nitrogens is 2. The highest BCUT2D eigenvalue weighted by atomic mass is 79.9. The van der Waals surface area contributed by atoms with Crippen molar-refractivity contribution in [2.45, 2.75) is 13.1 Å². The van der Waals surface area contributed by atoms with Gasteiger partial charge in [0, 0.05) is 42.3 Å². The monoisotopic (exact) mass is 277 g/mol. The Morgan fingerprint density at radius 1 is 1.06 bits per heavy atom. The van der Waals surface area contributed by atoms with E-state index in [0.29, 0.717) is 0 Å². The highest BCUT2D eigenvalue weighted by Crippen LogP contribution is 2.09. The Bertz CT molecular complexity index is 445. The molecule has 0 atom stereocenters. The topological polar surface area (TPSA) is 37.8 Å². The molecule has 0 radical (unpaired) electrons. The van der Waals surface area contributed by atoms with E-state index in [1.807, 2.05) is 18.5 Å². The smallest absolute Gasteiger partial charge is 0.0410 e. The standard InChI is InChI=1S/C12H12BrN3/c13-12-4-11(8-16-9-12)7-15-6-10-2-1-3-14-5-10/h1-5,8-9,15H,6-7H2. The zero-order chi connectivity index (χ0) is 11.2. The van der Waals surface area contributed by atoms with E-state index < -0.39 is 0 Å². The molecule has 0 bridgehead atoms. The third-order valence-electron chi connectivity index (χ3n) is 2.14. The van der Waals surface area contributed by atoms with Crippen molar-refractivity contribution in [1.29, 1.82) is 0 Å². The molecule has 4 heteroatoms. The first-order chi connectivity index (χ1) is 7.84. The lowest BCUT2D eigenvalue weighted by Crippen LogP contribution is -2.12. The van der Waals surface area contributed by atoms with E-state index in [-0.39, 0.29) is 0 Å². The Morgan fingerprint density at radius 3 is 2.62 bits per heavy atom. The SMILES string of the molecule is Brc1cncc(CNCc2cccnc2)c1. The van der Waals surface area contributed by atoms with Crippen molar-refractivity contribution < 1.29 is 0 Å². The highest BCUT2D eigenvalue weighted by molar-refractivity contribution is 9.10. The van der Waals surface area contributed by atoms with E-state index in [4.69, 9.17) is 0 Å². The van der Waals surface area contributed by atoms with E-state index in [1.54, 1.807) is 12.4 Å². The molecule has 0 unspecified atom stereocenters. The van der Waals surface area contributed by atoms with Gasteiger partial charge in [-0.15, -0.1) is 0 Å². The van der Waals surface area contributed by atoms with Crippen LogP contribution in [0.4, 0.5) is 0 Å². The summed E-state index contributed by atoms with van der Waals surface area (Å²) in [6.45, 7) is 1.63.